The van der Waals surface area contributed by atoms with Crippen molar-refractivity contribution in [3.05, 3.63) is 53.3 Å². The molecule has 1 amide bonds. The minimum absolute atomic E-state index is 0.0448. The summed E-state index contributed by atoms with van der Waals surface area (Å²) in [5.41, 5.74) is 3.55. The van der Waals surface area contributed by atoms with E-state index in [0.29, 0.717) is 6.54 Å². The Morgan fingerprint density at radius 2 is 2.25 bits per heavy atom. The van der Waals surface area contributed by atoms with Gasteiger partial charge in [0.05, 0.1) is 12.2 Å². The number of amides is 1. The van der Waals surface area contributed by atoms with Crippen LogP contribution < -0.4 is 10.6 Å². The third-order valence-electron chi connectivity index (χ3n) is 3.62. The number of hydrogen-bond donors (Lipinski definition) is 2. The highest BCUT2D eigenvalue weighted by Gasteiger charge is 2.23. The summed E-state index contributed by atoms with van der Waals surface area (Å²) < 4.78 is 1.73. The van der Waals surface area contributed by atoms with Crippen molar-refractivity contribution in [3.8, 4) is 0 Å². The SMILES string of the molecule is Cn1cc(CNC(=O)[C@@H]2Cc3ccccc3CN2)cn1. The molecule has 2 N–H and O–H groups in total. The van der Waals surface area contributed by atoms with E-state index in [1.165, 1.54) is 11.1 Å². The summed E-state index contributed by atoms with van der Waals surface area (Å²) >= 11 is 0. The Bertz CT molecular complexity index is 620. The van der Waals surface area contributed by atoms with Crippen molar-refractivity contribution >= 4 is 5.91 Å². The van der Waals surface area contributed by atoms with E-state index >= 15 is 0 Å². The fourth-order valence-electron chi connectivity index (χ4n) is 2.52. The molecule has 2 heterocycles. The standard InChI is InChI=1S/C15H18N4O/c1-19-10-11(8-18-19)7-17-15(20)14-6-12-4-2-3-5-13(12)9-16-14/h2-5,8,10,14,16H,6-7,9H2,1H3,(H,17,20)/t14-/m0/s1. The van der Waals surface area contributed by atoms with Crippen LogP contribution in [-0.2, 0) is 31.4 Å². The van der Waals surface area contributed by atoms with E-state index < -0.39 is 0 Å². The topological polar surface area (TPSA) is 59.0 Å². The monoisotopic (exact) mass is 270 g/mol. The first-order valence-corrected chi connectivity index (χ1v) is 6.78. The van der Waals surface area contributed by atoms with Crippen LogP contribution in [0.1, 0.15) is 16.7 Å². The first-order valence-electron chi connectivity index (χ1n) is 6.78. The molecule has 104 valence electrons. The molecule has 0 saturated carbocycles. The summed E-state index contributed by atoms with van der Waals surface area (Å²) in [5.74, 6) is 0.0448. The van der Waals surface area contributed by atoms with Crippen molar-refractivity contribution < 1.29 is 4.79 Å². The Morgan fingerprint density at radius 1 is 1.45 bits per heavy atom. The molecule has 0 spiro atoms. The molecule has 1 atom stereocenters. The van der Waals surface area contributed by atoms with Gasteiger partial charge in [0.2, 0.25) is 5.91 Å². The normalized spacial score (nSPS) is 17.6. The lowest BCUT2D eigenvalue weighted by Gasteiger charge is -2.25. The number of rotatable bonds is 3. The predicted octanol–water partition coefficient (Wildman–Crippen LogP) is 0.751. The van der Waals surface area contributed by atoms with E-state index in [9.17, 15) is 4.79 Å². The fraction of sp³-hybridized carbons (Fsp3) is 0.333. The summed E-state index contributed by atoms with van der Waals surface area (Å²) in [6.07, 6.45) is 4.42. The zero-order chi connectivity index (χ0) is 13.9. The van der Waals surface area contributed by atoms with E-state index in [-0.39, 0.29) is 11.9 Å². The second-order valence-electron chi connectivity index (χ2n) is 5.15. The van der Waals surface area contributed by atoms with Crippen LogP contribution in [0, 0.1) is 0 Å². The summed E-state index contributed by atoms with van der Waals surface area (Å²) in [4.78, 5) is 12.2. The molecule has 0 aliphatic carbocycles. The van der Waals surface area contributed by atoms with Gasteiger partial charge >= 0.3 is 0 Å². The second kappa shape index (κ2) is 5.46. The van der Waals surface area contributed by atoms with E-state index in [1.807, 2.05) is 25.4 Å². The molecule has 0 fully saturated rings. The Morgan fingerprint density at radius 3 is 3.00 bits per heavy atom. The maximum Gasteiger partial charge on any atom is 0.237 e. The van der Waals surface area contributed by atoms with Gasteiger partial charge in [-0.05, 0) is 17.5 Å². The number of aromatic nitrogens is 2. The van der Waals surface area contributed by atoms with E-state index in [1.54, 1.807) is 10.9 Å². The highest BCUT2D eigenvalue weighted by Crippen LogP contribution is 2.16. The molecular weight excluding hydrogens is 252 g/mol. The Hall–Kier alpha value is -2.14. The first kappa shape index (κ1) is 12.9. The zero-order valence-electron chi connectivity index (χ0n) is 11.5. The van der Waals surface area contributed by atoms with Crippen LogP contribution in [0.5, 0.6) is 0 Å². The number of nitrogens with zero attached hydrogens (tertiary/aromatic N) is 2. The molecule has 5 nitrogen and oxygen atoms in total. The minimum atomic E-state index is -0.151. The van der Waals surface area contributed by atoms with Crippen molar-refractivity contribution in [1.29, 1.82) is 0 Å². The molecule has 1 aliphatic rings. The van der Waals surface area contributed by atoms with E-state index in [0.717, 1.165) is 18.5 Å². The highest BCUT2D eigenvalue weighted by atomic mass is 16.2. The summed E-state index contributed by atoms with van der Waals surface area (Å²) in [7, 11) is 1.87. The van der Waals surface area contributed by atoms with Crippen molar-refractivity contribution in [2.75, 3.05) is 0 Å². The maximum absolute atomic E-state index is 12.2. The second-order valence-corrected chi connectivity index (χ2v) is 5.15. The Labute approximate surface area is 118 Å². The van der Waals surface area contributed by atoms with Crippen molar-refractivity contribution in [2.24, 2.45) is 7.05 Å². The number of hydrogen-bond acceptors (Lipinski definition) is 3. The lowest BCUT2D eigenvalue weighted by molar-refractivity contribution is -0.123. The number of carbonyl (C=O) groups is 1. The van der Waals surface area contributed by atoms with Crippen LogP contribution in [0.4, 0.5) is 0 Å². The van der Waals surface area contributed by atoms with Crippen LogP contribution in [0.2, 0.25) is 0 Å². The largest absolute Gasteiger partial charge is 0.351 e. The number of fused-ring (bicyclic) bond motifs is 1. The van der Waals surface area contributed by atoms with Crippen molar-refractivity contribution in [1.82, 2.24) is 20.4 Å². The van der Waals surface area contributed by atoms with Gasteiger partial charge in [-0.15, -0.1) is 0 Å². The minimum Gasteiger partial charge on any atom is -0.351 e. The molecule has 3 rings (SSSR count). The van der Waals surface area contributed by atoms with Crippen LogP contribution in [0.3, 0.4) is 0 Å². The molecule has 0 unspecified atom stereocenters. The van der Waals surface area contributed by atoms with Gasteiger partial charge in [-0.2, -0.15) is 5.10 Å². The molecule has 1 aromatic heterocycles. The number of carbonyl (C=O) groups excluding carboxylic acids is 1. The molecule has 0 radical (unpaired) electrons. The fourth-order valence-corrected chi connectivity index (χ4v) is 2.52. The van der Waals surface area contributed by atoms with Gasteiger partial charge in [0.1, 0.15) is 0 Å². The average molecular weight is 270 g/mol. The van der Waals surface area contributed by atoms with Crippen molar-refractivity contribution in [3.63, 3.8) is 0 Å². The van der Waals surface area contributed by atoms with Crippen LogP contribution >= 0.6 is 0 Å². The van der Waals surface area contributed by atoms with Crippen LogP contribution in [0.15, 0.2) is 36.7 Å². The molecule has 0 bridgehead atoms. The first-order chi connectivity index (χ1) is 9.72. The lowest BCUT2D eigenvalue weighted by atomic mass is 9.95. The van der Waals surface area contributed by atoms with Gasteiger partial charge in [-0.25, -0.2) is 0 Å². The van der Waals surface area contributed by atoms with Gasteiger partial charge in [0.25, 0.3) is 0 Å². The third-order valence-corrected chi connectivity index (χ3v) is 3.62. The lowest BCUT2D eigenvalue weighted by Crippen LogP contribution is -2.47. The van der Waals surface area contributed by atoms with E-state index in [2.05, 4.69) is 27.9 Å². The number of aryl methyl sites for hydroxylation is 1. The van der Waals surface area contributed by atoms with Gasteiger partial charge in [0, 0.05) is 31.9 Å². The molecule has 2 aromatic rings. The van der Waals surface area contributed by atoms with Gasteiger partial charge < -0.3 is 10.6 Å². The van der Waals surface area contributed by atoms with Crippen molar-refractivity contribution in [2.45, 2.75) is 25.6 Å². The number of nitrogens with one attached hydrogen (secondary N) is 2. The summed E-state index contributed by atoms with van der Waals surface area (Å²) in [6, 6.07) is 8.10. The molecule has 1 aromatic carbocycles. The quantitative estimate of drug-likeness (QED) is 0.865. The smallest absolute Gasteiger partial charge is 0.237 e. The zero-order valence-corrected chi connectivity index (χ0v) is 11.5. The predicted molar refractivity (Wildman–Crippen MR) is 75.8 cm³/mol. The highest BCUT2D eigenvalue weighted by molar-refractivity contribution is 5.82. The Balaban J connectivity index is 1.59. The third kappa shape index (κ3) is 2.72. The van der Waals surface area contributed by atoms with Crippen LogP contribution in [0.25, 0.3) is 0 Å². The molecule has 20 heavy (non-hydrogen) atoms. The number of benzene rings is 1. The molecule has 1 aliphatic heterocycles. The molecule has 5 heteroatoms. The maximum atomic E-state index is 12.2. The Kier molecular flexibility index (Phi) is 3.52. The van der Waals surface area contributed by atoms with E-state index in [4.69, 9.17) is 0 Å². The summed E-state index contributed by atoms with van der Waals surface area (Å²) in [5, 5.41) is 10.3. The van der Waals surface area contributed by atoms with Crippen LogP contribution in [-0.4, -0.2) is 21.7 Å². The van der Waals surface area contributed by atoms with Gasteiger partial charge in [-0.3, -0.25) is 9.48 Å². The van der Waals surface area contributed by atoms with Gasteiger partial charge in [0.15, 0.2) is 0 Å². The van der Waals surface area contributed by atoms with Gasteiger partial charge in [-0.1, -0.05) is 24.3 Å². The summed E-state index contributed by atoms with van der Waals surface area (Å²) in [6.45, 7) is 1.27. The molecule has 0 saturated heterocycles. The average Bonchev–Trinajstić information content (AvgIpc) is 2.90. The molecular formula is C15H18N4O.